The molecule has 0 aliphatic heterocycles. The van der Waals surface area contributed by atoms with Gasteiger partial charge in [-0.1, -0.05) is 26.0 Å². The van der Waals surface area contributed by atoms with Gasteiger partial charge in [0.15, 0.2) is 0 Å². The first-order valence-corrected chi connectivity index (χ1v) is 7.29. The van der Waals surface area contributed by atoms with Crippen LogP contribution in [0, 0.1) is 6.92 Å². The van der Waals surface area contributed by atoms with E-state index in [1.54, 1.807) is 6.20 Å². The highest BCUT2D eigenvalue weighted by Gasteiger charge is 2.31. The zero-order valence-corrected chi connectivity index (χ0v) is 13.2. The Kier molecular flexibility index (Phi) is 5.13. The molecule has 0 unspecified atom stereocenters. The minimum absolute atomic E-state index is 0.100. The maximum Gasteiger partial charge on any atom is 0.573 e. The number of hydrogen-bond donors (Lipinski definition) is 1. The second kappa shape index (κ2) is 6.89. The Hall–Kier alpha value is -2.24. The molecule has 6 heteroatoms. The normalized spacial score (nSPS) is 11.6. The Labute approximate surface area is 133 Å². The van der Waals surface area contributed by atoms with Gasteiger partial charge in [0.1, 0.15) is 11.6 Å². The average Bonchev–Trinajstić information content (AvgIpc) is 2.44. The Bertz CT molecular complexity index is 652. The van der Waals surface area contributed by atoms with Gasteiger partial charge in [0.2, 0.25) is 0 Å². The van der Waals surface area contributed by atoms with Gasteiger partial charge in [-0.15, -0.1) is 13.2 Å². The van der Waals surface area contributed by atoms with Crippen molar-refractivity contribution >= 4 is 5.82 Å². The fourth-order valence-electron chi connectivity index (χ4n) is 2.08. The van der Waals surface area contributed by atoms with Crippen LogP contribution >= 0.6 is 0 Å². The monoisotopic (exact) mass is 324 g/mol. The van der Waals surface area contributed by atoms with Gasteiger partial charge in [-0.2, -0.15) is 0 Å². The average molecular weight is 324 g/mol. The van der Waals surface area contributed by atoms with Crippen LogP contribution in [0.5, 0.6) is 5.75 Å². The van der Waals surface area contributed by atoms with Gasteiger partial charge in [0, 0.05) is 12.7 Å². The summed E-state index contributed by atoms with van der Waals surface area (Å²) >= 11 is 0. The van der Waals surface area contributed by atoms with E-state index in [0.29, 0.717) is 17.9 Å². The van der Waals surface area contributed by atoms with Crippen LogP contribution in [0.3, 0.4) is 0 Å². The Morgan fingerprint density at radius 3 is 2.48 bits per heavy atom. The predicted octanol–water partition coefficient (Wildman–Crippen LogP) is 5.02. The summed E-state index contributed by atoms with van der Waals surface area (Å²) in [7, 11) is 0. The van der Waals surface area contributed by atoms with Crippen LogP contribution in [0.25, 0.3) is 0 Å². The smallest absolute Gasteiger partial charge is 0.406 e. The first-order valence-electron chi connectivity index (χ1n) is 7.29. The molecule has 1 N–H and O–H groups in total. The summed E-state index contributed by atoms with van der Waals surface area (Å²) in [6.07, 6.45) is -2.97. The van der Waals surface area contributed by atoms with Crippen LogP contribution in [-0.2, 0) is 6.54 Å². The zero-order chi connectivity index (χ0) is 17.0. The molecule has 2 rings (SSSR count). The molecular formula is C17H19F3N2O. The van der Waals surface area contributed by atoms with Crippen LogP contribution in [0.15, 0.2) is 36.5 Å². The molecule has 0 atom stereocenters. The topological polar surface area (TPSA) is 34.1 Å². The predicted molar refractivity (Wildman–Crippen MR) is 83.5 cm³/mol. The lowest BCUT2D eigenvalue weighted by Gasteiger charge is -2.15. The number of nitrogens with zero attached hydrogens (tertiary/aromatic N) is 1. The quantitative estimate of drug-likeness (QED) is 0.838. The third kappa shape index (κ3) is 5.47. The van der Waals surface area contributed by atoms with Crippen LogP contribution in [-0.4, -0.2) is 11.3 Å². The molecule has 0 saturated heterocycles. The molecule has 0 fully saturated rings. The van der Waals surface area contributed by atoms with Crippen molar-refractivity contribution in [3.8, 4) is 5.75 Å². The van der Waals surface area contributed by atoms with E-state index < -0.39 is 6.36 Å². The second-order valence-corrected chi connectivity index (χ2v) is 5.69. The summed E-state index contributed by atoms with van der Waals surface area (Å²) in [4.78, 5) is 4.21. The Morgan fingerprint density at radius 1 is 1.17 bits per heavy atom. The molecule has 0 amide bonds. The number of rotatable bonds is 5. The van der Waals surface area contributed by atoms with Crippen LogP contribution in [0.1, 0.15) is 36.5 Å². The number of alkyl halides is 3. The minimum atomic E-state index is -4.70. The molecule has 1 aromatic carbocycles. The first-order chi connectivity index (χ1) is 10.7. The van der Waals surface area contributed by atoms with Gasteiger partial charge >= 0.3 is 6.36 Å². The minimum Gasteiger partial charge on any atom is -0.406 e. The number of pyridine rings is 1. The number of aryl methyl sites for hydroxylation is 1. The zero-order valence-electron chi connectivity index (χ0n) is 13.2. The van der Waals surface area contributed by atoms with Crippen molar-refractivity contribution in [1.82, 2.24) is 4.98 Å². The van der Waals surface area contributed by atoms with E-state index in [-0.39, 0.29) is 11.7 Å². The first kappa shape index (κ1) is 17.1. The number of ether oxygens (including phenoxy) is 1. The highest BCUT2D eigenvalue weighted by molar-refractivity contribution is 5.40. The Balaban J connectivity index is 2.17. The third-order valence-electron chi connectivity index (χ3n) is 3.27. The number of halogens is 3. The lowest BCUT2D eigenvalue weighted by molar-refractivity contribution is -0.274. The summed E-state index contributed by atoms with van der Waals surface area (Å²) in [5, 5.41) is 3.10. The van der Waals surface area contributed by atoms with Gasteiger partial charge in [-0.3, -0.25) is 0 Å². The highest BCUT2D eigenvalue weighted by Crippen LogP contribution is 2.28. The summed E-state index contributed by atoms with van der Waals surface area (Å²) in [6.45, 7) is 6.14. The fraction of sp³-hybridized carbons (Fsp3) is 0.353. The number of aromatic nitrogens is 1. The summed E-state index contributed by atoms with van der Waals surface area (Å²) in [5.41, 5.74) is 2.54. The molecule has 0 bridgehead atoms. The number of anilines is 1. The van der Waals surface area contributed by atoms with Crippen molar-refractivity contribution in [2.45, 2.75) is 39.6 Å². The molecule has 1 aromatic heterocycles. The van der Waals surface area contributed by atoms with E-state index in [1.165, 1.54) is 12.1 Å². The fourth-order valence-corrected chi connectivity index (χ4v) is 2.08. The van der Waals surface area contributed by atoms with Crippen molar-refractivity contribution in [3.63, 3.8) is 0 Å². The van der Waals surface area contributed by atoms with E-state index >= 15 is 0 Å². The van der Waals surface area contributed by atoms with Gasteiger partial charge in [-0.25, -0.2) is 4.98 Å². The molecule has 23 heavy (non-hydrogen) atoms. The lowest BCUT2D eigenvalue weighted by Crippen LogP contribution is -2.17. The highest BCUT2D eigenvalue weighted by atomic mass is 19.4. The molecule has 1 heterocycles. The standard InChI is InChI=1S/C17H19F3N2O/c1-11(2)14-6-13(7-15(8-14)23-17(18,19)20)10-22-16-5-4-12(3)9-21-16/h4-9,11H,10H2,1-3H3,(H,21,22). The van der Waals surface area contributed by atoms with Crippen molar-refractivity contribution in [1.29, 1.82) is 0 Å². The maximum atomic E-state index is 12.4. The molecule has 0 aliphatic carbocycles. The lowest BCUT2D eigenvalue weighted by atomic mass is 10.0. The summed E-state index contributed by atoms with van der Waals surface area (Å²) in [5.74, 6) is 0.573. The molecular weight excluding hydrogens is 305 g/mol. The molecule has 0 aliphatic rings. The second-order valence-electron chi connectivity index (χ2n) is 5.69. The molecule has 0 spiro atoms. The van der Waals surface area contributed by atoms with Gasteiger partial charge in [0.05, 0.1) is 0 Å². The third-order valence-corrected chi connectivity index (χ3v) is 3.27. The molecule has 3 nitrogen and oxygen atoms in total. The van der Waals surface area contributed by atoms with Crippen LogP contribution < -0.4 is 10.1 Å². The maximum absolute atomic E-state index is 12.4. The van der Waals surface area contributed by atoms with Crippen LogP contribution in [0.4, 0.5) is 19.0 Å². The van der Waals surface area contributed by atoms with Crippen LogP contribution in [0.2, 0.25) is 0 Å². The van der Waals surface area contributed by atoms with E-state index in [4.69, 9.17) is 0 Å². The van der Waals surface area contributed by atoms with E-state index in [1.807, 2.05) is 39.0 Å². The molecule has 2 aromatic rings. The van der Waals surface area contributed by atoms with Gasteiger partial charge in [-0.05, 0) is 47.7 Å². The number of hydrogen-bond acceptors (Lipinski definition) is 3. The van der Waals surface area contributed by atoms with Gasteiger partial charge in [0.25, 0.3) is 0 Å². The van der Waals surface area contributed by atoms with Crippen molar-refractivity contribution in [2.24, 2.45) is 0 Å². The molecule has 0 radical (unpaired) electrons. The number of benzene rings is 1. The number of nitrogens with one attached hydrogen (secondary N) is 1. The van der Waals surface area contributed by atoms with E-state index in [9.17, 15) is 13.2 Å². The summed E-state index contributed by atoms with van der Waals surface area (Å²) in [6, 6.07) is 8.42. The molecule has 0 saturated carbocycles. The largest absolute Gasteiger partial charge is 0.573 e. The SMILES string of the molecule is Cc1ccc(NCc2cc(OC(F)(F)F)cc(C(C)C)c2)nc1. The van der Waals surface area contributed by atoms with E-state index in [0.717, 1.165) is 11.1 Å². The molecule has 124 valence electrons. The Morgan fingerprint density at radius 2 is 1.91 bits per heavy atom. The van der Waals surface area contributed by atoms with Crippen molar-refractivity contribution in [2.75, 3.05) is 5.32 Å². The van der Waals surface area contributed by atoms with Gasteiger partial charge < -0.3 is 10.1 Å². The van der Waals surface area contributed by atoms with Crippen molar-refractivity contribution < 1.29 is 17.9 Å². The van der Waals surface area contributed by atoms with E-state index in [2.05, 4.69) is 15.0 Å². The van der Waals surface area contributed by atoms with Crippen molar-refractivity contribution in [3.05, 3.63) is 53.2 Å². The summed E-state index contributed by atoms with van der Waals surface area (Å²) < 4.78 is 41.4.